The van der Waals surface area contributed by atoms with E-state index in [1.54, 1.807) is 12.1 Å². The number of aliphatic hydroxyl groups is 1. The van der Waals surface area contributed by atoms with E-state index < -0.39 is 0 Å². The highest BCUT2D eigenvalue weighted by atomic mass is 79.9. The highest BCUT2D eigenvalue weighted by Crippen LogP contribution is 2.16. The molecule has 0 amide bonds. The van der Waals surface area contributed by atoms with Crippen molar-refractivity contribution in [1.82, 2.24) is 5.32 Å². The van der Waals surface area contributed by atoms with E-state index in [0.717, 1.165) is 12.0 Å². The summed E-state index contributed by atoms with van der Waals surface area (Å²) >= 11 is 3.14. The van der Waals surface area contributed by atoms with Crippen molar-refractivity contribution in [3.05, 3.63) is 34.1 Å². The van der Waals surface area contributed by atoms with Crippen molar-refractivity contribution < 1.29 is 9.50 Å². The van der Waals surface area contributed by atoms with Gasteiger partial charge in [0.05, 0.1) is 11.1 Å². The molecular formula is C11H15BrFNO. The molecule has 2 N–H and O–H groups in total. The lowest BCUT2D eigenvalue weighted by Gasteiger charge is -2.13. The van der Waals surface area contributed by atoms with E-state index in [0.29, 0.717) is 11.0 Å². The summed E-state index contributed by atoms with van der Waals surface area (Å²) in [6, 6.07) is 5.01. The molecular weight excluding hydrogens is 261 g/mol. The topological polar surface area (TPSA) is 32.3 Å². The molecule has 2 nitrogen and oxygen atoms in total. The monoisotopic (exact) mass is 275 g/mol. The van der Waals surface area contributed by atoms with Crippen molar-refractivity contribution in [2.75, 3.05) is 6.61 Å². The Balaban J connectivity index is 2.54. The van der Waals surface area contributed by atoms with E-state index in [-0.39, 0.29) is 18.5 Å². The maximum absolute atomic E-state index is 12.9. The van der Waals surface area contributed by atoms with E-state index in [4.69, 9.17) is 5.11 Å². The van der Waals surface area contributed by atoms with Crippen molar-refractivity contribution in [3.63, 3.8) is 0 Å². The molecule has 0 aliphatic heterocycles. The summed E-state index contributed by atoms with van der Waals surface area (Å²) in [5.74, 6) is -0.257. The molecule has 0 aliphatic rings. The molecule has 1 aromatic carbocycles. The summed E-state index contributed by atoms with van der Waals surface area (Å²) in [7, 11) is 0. The third-order valence-corrected chi connectivity index (χ3v) is 2.90. The Morgan fingerprint density at radius 1 is 1.53 bits per heavy atom. The Kier molecular flexibility index (Phi) is 5.22. The van der Waals surface area contributed by atoms with E-state index >= 15 is 0 Å². The lowest BCUT2D eigenvalue weighted by molar-refractivity contribution is 0.238. The van der Waals surface area contributed by atoms with Gasteiger partial charge in [0.2, 0.25) is 0 Å². The van der Waals surface area contributed by atoms with Crippen LogP contribution in [0.4, 0.5) is 4.39 Å². The van der Waals surface area contributed by atoms with E-state index in [2.05, 4.69) is 21.2 Å². The maximum Gasteiger partial charge on any atom is 0.137 e. The zero-order chi connectivity index (χ0) is 11.3. The van der Waals surface area contributed by atoms with Gasteiger partial charge >= 0.3 is 0 Å². The lowest BCUT2D eigenvalue weighted by Crippen LogP contribution is -2.31. The molecule has 0 aliphatic carbocycles. The molecule has 1 aromatic rings. The predicted molar refractivity (Wildman–Crippen MR) is 62.1 cm³/mol. The highest BCUT2D eigenvalue weighted by Gasteiger charge is 2.04. The molecule has 84 valence electrons. The summed E-state index contributed by atoms with van der Waals surface area (Å²) in [5.41, 5.74) is 0.996. The fraction of sp³-hybridized carbons (Fsp3) is 0.455. The summed E-state index contributed by atoms with van der Waals surface area (Å²) in [4.78, 5) is 0. The molecule has 0 aromatic heterocycles. The first-order valence-electron chi connectivity index (χ1n) is 4.95. The molecule has 1 rings (SSSR count). The Bertz CT molecular complexity index is 315. The van der Waals surface area contributed by atoms with Crippen molar-refractivity contribution in [3.8, 4) is 0 Å². The molecule has 0 radical (unpaired) electrons. The van der Waals surface area contributed by atoms with Gasteiger partial charge in [0, 0.05) is 12.6 Å². The number of halogens is 2. The Morgan fingerprint density at radius 3 is 2.80 bits per heavy atom. The number of aliphatic hydroxyl groups excluding tert-OH is 1. The van der Waals surface area contributed by atoms with Crippen molar-refractivity contribution in [1.29, 1.82) is 0 Å². The summed E-state index contributed by atoms with van der Waals surface area (Å²) < 4.78 is 13.4. The molecule has 0 saturated heterocycles. The van der Waals surface area contributed by atoms with Crippen LogP contribution < -0.4 is 5.32 Å². The van der Waals surface area contributed by atoms with Gasteiger partial charge in [0.1, 0.15) is 5.82 Å². The van der Waals surface area contributed by atoms with Crippen molar-refractivity contribution in [2.45, 2.75) is 25.9 Å². The second kappa shape index (κ2) is 6.20. The first kappa shape index (κ1) is 12.6. The van der Waals surface area contributed by atoms with Gasteiger partial charge in [-0.2, -0.15) is 0 Å². The number of hydrogen-bond acceptors (Lipinski definition) is 2. The van der Waals surface area contributed by atoms with Crippen LogP contribution in [0.2, 0.25) is 0 Å². The average molecular weight is 276 g/mol. The quantitative estimate of drug-likeness (QED) is 0.865. The molecule has 0 spiro atoms. The summed E-state index contributed by atoms with van der Waals surface area (Å²) in [6.45, 7) is 2.77. The number of benzene rings is 1. The summed E-state index contributed by atoms with van der Waals surface area (Å²) in [5, 5.41) is 12.2. The average Bonchev–Trinajstić information content (AvgIpc) is 2.24. The molecule has 0 bridgehead atoms. The van der Waals surface area contributed by atoms with Gasteiger partial charge in [-0.3, -0.25) is 0 Å². The number of rotatable bonds is 5. The third kappa shape index (κ3) is 3.89. The van der Waals surface area contributed by atoms with Gasteiger partial charge in [0.25, 0.3) is 0 Å². The SMILES string of the molecule is CCC(CO)NCc1ccc(F)c(Br)c1. The molecule has 1 atom stereocenters. The van der Waals surface area contributed by atoms with E-state index in [1.807, 2.05) is 6.92 Å². The van der Waals surface area contributed by atoms with Gasteiger partial charge in [0.15, 0.2) is 0 Å². The minimum Gasteiger partial charge on any atom is -0.395 e. The first-order chi connectivity index (χ1) is 7.17. The zero-order valence-electron chi connectivity index (χ0n) is 8.63. The second-order valence-electron chi connectivity index (χ2n) is 3.42. The summed E-state index contributed by atoms with van der Waals surface area (Å²) in [6.07, 6.45) is 0.874. The van der Waals surface area contributed by atoms with E-state index in [1.165, 1.54) is 6.07 Å². The van der Waals surface area contributed by atoms with Crippen LogP contribution in [0.5, 0.6) is 0 Å². The Labute approximate surface area is 97.6 Å². The van der Waals surface area contributed by atoms with Gasteiger partial charge < -0.3 is 10.4 Å². The van der Waals surface area contributed by atoms with E-state index in [9.17, 15) is 4.39 Å². The van der Waals surface area contributed by atoms with Gasteiger partial charge in [-0.05, 0) is 40.0 Å². The molecule has 4 heteroatoms. The van der Waals surface area contributed by atoms with Crippen LogP contribution in [-0.4, -0.2) is 17.8 Å². The molecule has 1 unspecified atom stereocenters. The Morgan fingerprint density at radius 2 is 2.27 bits per heavy atom. The van der Waals surface area contributed by atoms with Crippen molar-refractivity contribution in [2.24, 2.45) is 0 Å². The number of hydrogen-bond donors (Lipinski definition) is 2. The van der Waals surface area contributed by atoms with Gasteiger partial charge in [-0.1, -0.05) is 13.0 Å². The normalized spacial score (nSPS) is 12.8. The molecule has 0 saturated carbocycles. The zero-order valence-corrected chi connectivity index (χ0v) is 10.2. The second-order valence-corrected chi connectivity index (χ2v) is 4.27. The molecule has 0 fully saturated rings. The first-order valence-corrected chi connectivity index (χ1v) is 5.74. The van der Waals surface area contributed by atoms with Crippen LogP contribution in [0.3, 0.4) is 0 Å². The lowest BCUT2D eigenvalue weighted by atomic mass is 10.2. The minimum atomic E-state index is -0.257. The fourth-order valence-corrected chi connectivity index (χ4v) is 1.68. The van der Waals surface area contributed by atoms with Crippen LogP contribution >= 0.6 is 15.9 Å². The number of nitrogens with one attached hydrogen (secondary N) is 1. The van der Waals surface area contributed by atoms with Crippen molar-refractivity contribution >= 4 is 15.9 Å². The smallest absolute Gasteiger partial charge is 0.137 e. The molecule has 15 heavy (non-hydrogen) atoms. The Hall–Kier alpha value is -0.450. The van der Waals surface area contributed by atoms with Crippen LogP contribution in [-0.2, 0) is 6.54 Å². The standard InChI is InChI=1S/C11H15BrFNO/c1-2-9(7-15)14-6-8-3-4-11(13)10(12)5-8/h3-5,9,14-15H,2,6-7H2,1H3. The fourth-order valence-electron chi connectivity index (χ4n) is 1.25. The van der Waals surface area contributed by atoms with Gasteiger partial charge in [-0.25, -0.2) is 4.39 Å². The minimum absolute atomic E-state index is 0.105. The van der Waals surface area contributed by atoms with Crippen LogP contribution in [0.25, 0.3) is 0 Å². The van der Waals surface area contributed by atoms with Gasteiger partial charge in [-0.15, -0.1) is 0 Å². The largest absolute Gasteiger partial charge is 0.395 e. The predicted octanol–water partition coefficient (Wildman–Crippen LogP) is 2.45. The van der Waals surface area contributed by atoms with Crippen LogP contribution in [0, 0.1) is 5.82 Å². The third-order valence-electron chi connectivity index (χ3n) is 2.29. The highest BCUT2D eigenvalue weighted by molar-refractivity contribution is 9.10. The molecule has 0 heterocycles. The van der Waals surface area contributed by atoms with Crippen LogP contribution in [0.1, 0.15) is 18.9 Å². The van der Waals surface area contributed by atoms with Crippen LogP contribution in [0.15, 0.2) is 22.7 Å². The maximum atomic E-state index is 12.9.